The van der Waals surface area contributed by atoms with Crippen molar-refractivity contribution in [3.05, 3.63) is 54.1 Å². The zero-order valence-corrected chi connectivity index (χ0v) is 9.99. The van der Waals surface area contributed by atoms with Gasteiger partial charge in [-0.1, -0.05) is 6.07 Å². The van der Waals surface area contributed by atoms with E-state index in [-0.39, 0.29) is 6.04 Å². The van der Waals surface area contributed by atoms with E-state index >= 15 is 0 Å². The molecule has 0 aliphatic carbocycles. The summed E-state index contributed by atoms with van der Waals surface area (Å²) >= 11 is 0. The van der Waals surface area contributed by atoms with Crippen LogP contribution >= 0.6 is 0 Å². The van der Waals surface area contributed by atoms with Crippen molar-refractivity contribution in [3.8, 4) is 0 Å². The lowest BCUT2D eigenvalue weighted by molar-refractivity contribution is 0.765. The van der Waals surface area contributed by atoms with Crippen molar-refractivity contribution in [2.24, 2.45) is 12.8 Å². The molecule has 2 heterocycles. The van der Waals surface area contributed by atoms with E-state index in [1.54, 1.807) is 23.3 Å². The summed E-state index contributed by atoms with van der Waals surface area (Å²) in [7, 11) is 1.88. The van der Waals surface area contributed by atoms with Crippen LogP contribution in [0.1, 0.15) is 17.2 Å². The Hall–Kier alpha value is -2.27. The third-order valence-corrected chi connectivity index (χ3v) is 2.94. The minimum atomic E-state index is -0.190. The van der Waals surface area contributed by atoms with Gasteiger partial charge in [0.2, 0.25) is 0 Å². The number of aryl methyl sites for hydroxylation is 1. The molecular formula is C13H13N5. The second-order valence-electron chi connectivity index (χ2n) is 4.23. The van der Waals surface area contributed by atoms with Crippen LogP contribution < -0.4 is 5.73 Å². The van der Waals surface area contributed by atoms with Crippen LogP contribution in [0.4, 0.5) is 0 Å². The smallest absolute Gasteiger partial charge is 0.0890 e. The molecule has 0 spiro atoms. The van der Waals surface area contributed by atoms with Gasteiger partial charge in [-0.25, -0.2) is 0 Å². The Bertz CT molecular complexity index is 688. The molecule has 90 valence electrons. The molecule has 3 rings (SSSR count). The number of aromatic nitrogens is 4. The van der Waals surface area contributed by atoms with Crippen molar-refractivity contribution in [1.82, 2.24) is 19.7 Å². The minimum Gasteiger partial charge on any atom is -0.320 e. The SMILES string of the molecule is Cn1cc(C(N)c2ccc3nccnc3c2)cn1. The van der Waals surface area contributed by atoms with Gasteiger partial charge in [-0.15, -0.1) is 0 Å². The van der Waals surface area contributed by atoms with Gasteiger partial charge < -0.3 is 5.73 Å². The molecule has 0 radical (unpaired) electrons. The molecule has 0 aliphatic heterocycles. The number of nitrogens with two attached hydrogens (primary N) is 1. The Morgan fingerprint density at radius 1 is 1.11 bits per heavy atom. The van der Waals surface area contributed by atoms with E-state index in [4.69, 9.17) is 5.73 Å². The van der Waals surface area contributed by atoms with Gasteiger partial charge in [-0.05, 0) is 17.7 Å². The Balaban J connectivity index is 2.03. The van der Waals surface area contributed by atoms with E-state index in [0.717, 1.165) is 22.2 Å². The van der Waals surface area contributed by atoms with Crippen molar-refractivity contribution in [2.45, 2.75) is 6.04 Å². The van der Waals surface area contributed by atoms with Crippen LogP contribution in [0.5, 0.6) is 0 Å². The second kappa shape index (κ2) is 4.19. The van der Waals surface area contributed by atoms with Crippen LogP contribution in [0.15, 0.2) is 43.0 Å². The summed E-state index contributed by atoms with van der Waals surface area (Å²) in [5, 5.41) is 4.13. The van der Waals surface area contributed by atoms with Crippen LogP contribution in [0.3, 0.4) is 0 Å². The third-order valence-electron chi connectivity index (χ3n) is 2.94. The number of hydrogen-bond acceptors (Lipinski definition) is 4. The maximum absolute atomic E-state index is 6.22. The van der Waals surface area contributed by atoms with Crippen molar-refractivity contribution in [1.29, 1.82) is 0 Å². The summed E-state index contributed by atoms with van der Waals surface area (Å²) in [6.07, 6.45) is 7.07. The molecular weight excluding hydrogens is 226 g/mol. The molecule has 0 bridgehead atoms. The molecule has 5 heteroatoms. The van der Waals surface area contributed by atoms with Crippen LogP contribution in [-0.2, 0) is 7.05 Å². The zero-order chi connectivity index (χ0) is 12.5. The summed E-state index contributed by atoms with van der Waals surface area (Å²) in [6.45, 7) is 0. The highest BCUT2D eigenvalue weighted by molar-refractivity contribution is 5.74. The molecule has 18 heavy (non-hydrogen) atoms. The largest absolute Gasteiger partial charge is 0.320 e. The lowest BCUT2D eigenvalue weighted by Crippen LogP contribution is -2.11. The minimum absolute atomic E-state index is 0.190. The molecule has 1 aromatic carbocycles. The molecule has 1 atom stereocenters. The molecule has 2 N–H and O–H groups in total. The molecule has 2 aromatic heterocycles. The first-order valence-corrected chi connectivity index (χ1v) is 5.69. The molecule has 3 aromatic rings. The standard InChI is InChI=1S/C13H13N5/c1-18-8-10(7-17-18)13(14)9-2-3-11-12(6-9)16-5-4-15-11/h2-8,13H,14H2,1H3. The van der Waals surface area contributed by atoms with E-state index in [1.165, 1.54) is 0 Å². The number of rotatable bonds is 2. The number of fused-ring (bicyclic) bond motifs is 1. The number of hydrogen-bond donors (Lipinski definition) is 1. The summed E-state index contributed by atoms with van der Waals surface area (Å²) in [5.74, 6) is 0. The molecule has 0 aliphatic rings. The fourth-order valence-corrected chi connectivity index (χ4v) is 1.97. The fraction of sp³-hybridized carbons (Fsp3) is 0.154. The maximum atomic E-state index is 6.22. The van der Waals surface area contributed by atoms with Crippen molar-refractivity contribution >= 4 is 11.0 Å². The van der Waals surface area contributed by atoms with Gasteiger partial charge in [-0.3, -0.25) is 14.6 Å². The molecule has 0 fully saturated rings. The van der Waals surface area contributed by atoms with Gasteiger partial charge in [0.15, 0.2) is 0 Å². The van der Waals surface area contributed by atoms with Gasteiger partial charge >= 0.3 is 0 Å². The topological polar surface area (TPSA) is 69.6 Å². The van der Waals surface area contributed by atoms with Crippen LogP contribution in [0.2, 0.25) is 0 Å². The lowest BCUT2D eigenvalue weighted by Gasteiger charge is -2.10. The lowest BCUT2D eigenvalue weighted by atomic mass is 10.0. The van der Waals surface area contributed by atoms with Gasteiger partial charge in [0.1, 0.15) is 0 Å². The van der Waals surface area contributed by atoms with E-state index in [2.05, 4.69) is 15.1 Å². The predicted molar refractivity (Wildman–Crippen MR) is 68.8 cm³/mol. The molecule has 0 saturated carbocycles. The summed E-state index contributed by atoms with van der Waals surface area (Å²) in [6, 6.07) is 5.70. The number of benzene rings is 1. The van der Waals surface area contributed by atoms with Crippen LogP contribution in [0.25, 0.3) is 11.0 Å². The van der Waals surface area contributed by atoms with Gasteiger partial charge in [0, 0.05) is 31.2 Å². The van der Waals surface area contributed by atoms with Crippen LogP contribution in [-0.4, -0.2) is 19.7 Å². The highest BCUT2D eigenvalue weighted by Crippen LogP contribution is 2.21. The van der Waals surface area contributed by atoms with Crippen molar-refractivity contribution < 1.29 is 0 Å². The van der Waals surface area contributed by atoms with Crippen molar-refractivity contribution in [3.63, 3.8) is 0 Å². The highest BCUT2D eigenvalue weighted by Gasteiger charge is 2.11. The van der Waals surface area contributed by atoms with Gasteiger partial charge in [-0.2, -0.15) is 5.10 Å². The predicted octanol–water partition coefficient (Wildman–Crippen LogP) is 1.41. The van der Waals surface area contributed by atoms with E-state index < -0.39 is 0 Å². The average Bonchev–Trinajstić information content (AvgIpc) is 2.84. The summed E-state index contributed by atoms with van der Waals surface area (Å²) < 4.78 is 1.75. The number of nitrogens with zero attached hydrogens (tertiary/aromatic N) is 4. The first kappa shape index (κ1) is 10.9. The highest BCUT2D eigenvalue weighted by atomic mass is 15.2. The maximum Gasteiger partial charge on any atom is 0.0890 e. The monoisotopic (exact) mass is 239 g/mol. The summed E-state index contributed by atoms with van der Waals surface area (Å²) in [4.78, 5) is 8.52. The van der Waals surface area contributed by atoms with E-state index in [9.17, 15) is 0 Å². The van der Waals surface area contributed by atoms with E-state index in [0.29, 0.717) is 0 Å². The van der Waals surface area contributed by atoms with E-state index in [1.807, 2.05) is 31.4 Å². The molecule has 0 saturated heterocycles. The first-order chi connectivity index (χ1) is 8.74. The fourth-order valence-electron chi connectivity index (χ4n) is 1.97. The average molecular weight is 239 g/mol. The third kappa shape index (κ3) is 1.84. The summed E-state index contributed by atoms with van der Waals surface area (Å²) in [5.41, 5.74) is 9.95. The second-order valence-corrected chi connectivity index (χ2v) is 4.23. The quantitative estimate of drug-likeness (QED) is 0.734. The van der Waals surface area contributed by atoms with Crippen LogP contribution in [0, 0.1) is 0 Å². The molecule has 1 unspecified atom stereocenters. The zero-order valence-electron chi connectivity index (χ0n) is 9.99. The Morgan fingerprint density at radius 3 is 2.61 bits per heavy atom. The Morgan fingerprint density at radius 2 is 1.89 bits per heavy atom. The molecule has 0 amide bonds. The Labute approximate surface area is 104 Å². The van der Waals surface area contributed by atoms with Gasteiger partial charge in [0.05, 0.1) is 23.3 Å². The molecule has 5 nitrogen and oxygen atoms in total. The first-order valence-electron chi connectivity index (χ1n) is 5.69. The van der Waals surface area contributed by atoms with Crippen molar-refractivity contribution in [2.75, 3.05) is 0 Å². The Kier molecular flexibility index (Phi) is 2.53. The normalized spacial score (nSPS) is 12.8. The van der Waals surface area contributed by atoms with Gasteiger partial charge in [0.25, 0.3) is 0 Å².